The predicted octanol–water partition coefficient (Wildman–Crippen LogP) is 4.57. The van der Waals surface area contributed by atoms with Crippen molar-refractivity contribution in [1.29, 1.82) is 0 Å². The van der Waals surface area contributed by atoms with Gasteiger partial charge in [0, 0.05) is 22.9 Å². The minimum atomic E-state index is 0.221. The quantitative estimate of drug-likeness (QED) is 0.462. The maximum absolute atomic E-state index is 5.95. The summed E-state index contributed by atoms with van der Waals surface area (Å²) in [5.41, 5.74) is 3.87. The first kappa shape index (κ1) is 17.8. The molecule has 0 radical (unpaired) electrons. The molecule has 8 heteroatoms. The van der Waals surface area contributed by atoms with E-state index < -0.39 is 0 Å². The summed E-state index contributed by atoms with van der Waals surface area (Å²) in [5.74, 6) is 0. The number of benzene rings is 2. The largest absolute Gasteiger partial charge is 0.312 e. The highest BCUT2D eigenvalue weighted by atomic mass is 35.5. The van der Waals surface area contributed by atoms with Crippen LogP contribution in [0.1, 0.15) is 17.7 Å². The lowest BCUT2D eigenvalue weighted by Crippen LogP contribution is -2.01. The third-order valence-electron chi connectivity index (χ3n) is 4.15. The third-order valence-corrected chi connectivity index (χ3v) is 5.61. The molecule has 2 heterocycles. The van der Waals surface area contributed by atoms with Crippen molar-refractivity contribution in [2.45, 2.75) is 17.3 Å². The molecule has 0 saturated heterocycles. The summed E-state index contributed by atoms with van der Waals surface area (Å²) in [5, 5.41) is 18.9. The van der Waals surface area contributed by atoms with E-state index in [9.17, 15) is 0 Å². The summed E-state index contributed by atoms with van der Waals surface area (Å²) in [6.07, 6.45) is 3.46. The van der Waals surface area contributed by atoms with Crippen molar-refractivity contribution in [3.8, 4) is 16.9 Å². The van der Waals surface area contributed by atoms with Crippen LogP contribution in [0.25, 0.3) is 16.9 Å². The molecule has 0 saturated carbocycles. The summed E-state index contributed by atoms with van der Waals surface area (Å²) >= 11 is 7.62. The van der Waals surface area contributed by atoms with Crippen molar-refractivity contribution < 1.29 is 0 Å². The second kappa shape index (κ2) is 7.54. The fourth-order valence-corrected chi connectivity index (χ4v) is 3.68. The Kier molecular flexibility index (Phi) is 4.96. The normalized spacial score (nSPS) is 12.3. The number of thioether (sulfide) groups is 1. The van der Waals surface area contributed by atoms with Crippen LogP contribution in [0.3, 0.4) is 0 Å². The van der Waals surface area contributed by atoms with E-state index in [-0.39, 0.29) is 5.25 Å². The van der Waals surface area contributed by atoms with Crippen LogP contribution >= 0.6 is 23.4 Å². The molecule has 27 heavy (non-hydrogen) atoms. The van der Waals surface area contributed by atoms with Crippen LogP contribution in [-0.2, 0) is 7.05 Å². The van der Waals surface area contributed by atoms with E-state index in [2.05, 4.69) is 39.5 Å². The van der Waals surface area contributed by atoms with Crippen LogP contribution in [0.4, 0.5) is 0 Å². The van der Waals surface area contributed by atoms with Gasteiger partial charge in [-0.3, -0.25) is 0 Å². The number of halogens is 1. The number of aryl methyl sites for hydroxylation is 1. The van der Waals surface area contributed by atoms with Crippen LogP contribution in [0.15, 0.2) is 66.2 Å². The zero-order valence-corrected chi connectivity index (χ0v) is 16.4. The Labute approximate surface area is 166 Å². The molecule has 2 aromatic heterocycles. The number of aromatic nitrogens is 6. The maximum Gasteiger partial charge on any atom is 0.191 e. The topological polar surface area (TPSA) is 61.4 Å². The third kappa shape index (κ3) is 3.89. The van der Waals surface area contributed by atoms with E-state index in [1.54, 1.807) is 29.1 Å². The fraction of sp³-hybridized carbons (Fsp3) is 0.158. The average molecular weight is 397 g/mol. The molecule has 136 valence electrons. The Bertz CT molecular complexity index is 1060. The average Bonchev–Trinajstić information content (AvgIpc) is 3.32. The van der Waals surface area contributed by atoms with Gasteiger partial charge in [-0.05, 0) is 36.8 Å². The zero-order chi connectivity index (χ0) is 18.8. The van der Waals surface area contributed by atoms with Crippen molar-refractivity contribution in [3.63, 3.8) is 0 Å². The molecule has 1 atom stereocenters. The van der Waals surface area contributed by atoms with E-state index in [4.69, 9.17) is 11.6 Å². The number of rotatable bonds is 5. The predicted molar refractivity (Wildman–Crippen MR) is 107 cm³/mol. The molecular weight excluding hydrogens is 380 g/mol. The van der Waals surface area contributed by atoms with Crippen molar-refractivity contribution >= 4 is 23.4 Å². The standard InChI is InChI=1S/C19H17ClN6S/c1-13(27-19-23-21-12-25(19)2)15-4-3-5-17(10-15)26-22-11-18(24-26)14-6-8-16(20)9-7-14/h3-13H,1-2H3. The number of hydrogen-bond donors (Lipinski definition) is 0. The van der Waals surface area contributed by atoms with Gasteiger partial charge in [-0.1, -0.05) is 47.6 Å². The number of hydrogen-bond acceptors (Lipinski definition) is 5. The van der Waals surface area contributed by atoms with Gasteiger partial charge in [-0.2, -0.15) is 9.90 Å². The van der Waals surface area contributed by atoms with Gasteiger partial charge in [0.05, 0.1) is 11.9 Å². The van der Waals surface area contributed by atoms with Crippen molar-refractivity contribution in [1.82, 2.24) is 29.8 Å². The lowest BCUT2D eigenvalue weighted by molar-refractivity contribution is 0.752. The summed E-state index contributed by atoms with van der Waals surface area (Å²) < 4.78 is 1.92. The van der Waals surface area contributed by atoms with E-state index >= 15 is 0 Å². The van der Waals surface area contributed by atoms with Crippen molar-refractivity contribution in [2.24, 2.45) is 7.05 Å². The molecule has 4 rings (SSSR count). The van der Waals surface area contributed by atoms with Crippen LogP contribution in [0.5, 0.6) is 0 Å². The van der Waals surface area contributed by atoms with Gasteiger partial charge in [-0.15, -0.1) is 15.3 Å². The Balaban J connectivity index is 1.57. The molecule has 0 amide bonds. The summed E-state index contributed by atoms with van der Waals surface area (Å²) in [4.78, 5) is 1.65. The second-order valence-electron chi connectivity index (χ2n) is 6.11. The molecule has 0 aliphatic rings. The van der Waals surface area contributed by atoms with E-state index in [1.165, 1.54) is 5.56 Å². The molecular formula is C19H17ClN6S. The fourth-order valence-electron chi connectivity index (χ4n) is 2.65. The first-order chi connectivity index (χ1) is 13.1. The zero-order valence-electron chi connectivity index (χ0n) is 14.8. The molecule has 0 bridgehead atoms. The summed E-state index contributed by atoms with van der Waals surface area (Å²) in [6, 6.07) is 15.8. The number of nitrogens with zero attached hydrogens (tertiary/aromatic N) is 6. The maximum atomic E-state index is 5.95. The lowest BCUT2D eigenvalue weighted by atomic mass is 10.1. The van der Waals surface area contributed by atoms with E-state index in [0.29, 0.717) is 5.02 Å². The molecule has 4 aromatic rings. The van der Waals surface area contributed by atoms with E-state index in [1.807, 2.05) is 48.0 Å². The Morgan fingerprint density at radius 2 is 1.93 bits per heavy atom. The molecule has 2 aromatic carbocycles. The summed E-state index contributed by atoms with van der Waals surface area (Å²) in [6.45, 7) is 2.15. The second-order valence-corrected chi connectivity index (χ2v) is 7.85. The highest BCUT2D eigenvalue weighted by molar-refractivity contribution is 7.99. The van der Waals surface area contributed by atoms with Gasteiger partial charge in [0.2, 0.25) is 0 Å². The van der Waals surface area contributed by atoms with E-state index in [0.717, 1.165) is 22.1 Å². The highest BCUT2D eigenvalue weighted by Gasteiger charge is 2.13. The van der Waals surface area contributed by atoms with Gasteiger partial charge >= 0.3 is 0 Å². The smallest absolute Gasteiger partial charge is 0.191 e. The van der Waals surface area contributed by atoms with Gasteiger partial charge < -0.3 is 4.57 Å². The van der Waals surface area contributed by atoms with Crippen LogP contribution in [0.2, 0.25) is 5.02 Å². The van der Waals surface area contributed by atoms with Crippen molar-refractivity contribution in [2.75, 3.05) is 0 Å². The molecule has 0 N–H and O–H groups in total. The molecule has 6 nitrogen and oxygen atoms in total. The van der Waals surface area contributed by atoms with Gasteiger partial charge in [0.15, 0.2) is 5.16 Å². The molecule has 0 fully saturated rings. The van der Waals surface area contributed by atoms with Gasteiger partial charge in [0.1, 0.15) is 12.0 Å². The Hall–Kier alpha value is -2.64. The monoisotopic (exact) mass is 396 g/mol. The Morgan fingerprint density at radius 3 is 2.67 bits per heavy atom. The Morgan fingerprint density at radius 1 is 1.11 bits per heavy atom. The van der Waals surface area contributed by atoms with Crippen LogP contribution in [0, 0.1) is 0 Å². The minimum absolute atomic E-state index is 0.221. The molecule has 0 aliphatic heterocycles. The highest BCUT2D eigenvalue weighted by Crippen LogP contribution is 2.33. The minimum Gasteiger partial charge on any atom is -0.312 e. The van der Waals surface area contributed by atoms with Gasteiger partial charge in [0.25, 0.3) is 0 Å². The lowest BCUT2D eigenvalue weighted by Gasteiger charge is -2.12. The van der Waals surface area contributed by atoms with Gasteiger partial charge in [-0.25, -0.2) is 0 Å². The molecule has 0 spiro atoms. The van der Waals surface area contributed by atoms with Crippen LogP contribution < -0.4 is 0 Å². The van der Waals surface area contributed by atoms with Crippen LogP contribution in [-0.4, -0.2) is 29.8 Å². The molecule has 1 unspecified atom stereocenters. The summed E-state index contributed by atoms with van der Waals surface area (Å²) in [7, 11) is 1.94. The molecule has 0 aliphatic carbocycles. The first-order valence-electron chi connectivity index (χ1n) is 8.39. The SMILES string of the molecule is CC(Sc1nncn1C)c1cccc(-n2ncc(-c3ccc(Cl)cc3)n2)c1. The first-order valence-corrected chi connectivity index (χ1v) is 9.65. The van der Waals surface area contributed by atoms with Crippen molar-refractivity contribution in [3.05, 3.63) is 71.6 Å².